The fraction of sp³-hybridized carbons (Fsp3) is 0.909. The van der Waals surface area contributed by atoms with Crippen molar-refractivity contribution in [3.63, 3.8) is 0 Å². The second-order valence-corrected chi connectivity index (χ2v) is 5.13. The normalized spacial score (nSPS) is 26.7. The van der Waals surface area contributed by atoms with Crippen LogP contribution in [0.4, 0.5) is 9.18 Å². The predicted molar refractivity (Wildman–Crippen MR) is 60.2 cm³/mol. The van der Waals surface area contributed by atoms with Gasteiger partial charge in [0.05, 0.1) is 6.04 Å². The number of amides is 1. The molecule has 1 aliphatic heterocycles. The third-order valence-electron chi connectivity index (χ3n) is 2.55. The number of likely N-dealkylation sites (N-methyl/N-ethyl adjacent to an activating group) is 1. The summed E-state index contributed by atoms with van der Waals surface area (Å²) in [5.41, 5.74) is -0.501. The van der Waals surface area contributed by atoms with Crippen LogP contribution in [0.5, 0.6) is 0 Å². The van der Waals surface area contributed by atoms with Gasteiger partial charge >= 0.3 is 6.09 Å². The highest BCUT2D eigenvalue weighted by Gasteiger charge is 2.32. The number of carbonyl (C=O) groups excluding carboxylic acids is 1. The summed E-state index contributed by atoms with van der Waals surface area (Å²) >= 11 is 0. The Morgan fingerprint density at radius 1 is 1.50 bits per heavy atom. The summed E-state index contributed by atoms with van der Waals surface area (Å²) in [5.74, 6) is 0. The number of hydrogen-bond acceptors (Lipinski definition) is 3. The molecule has 0 radical (unpaired) electrons. The van der Waals surface area contributed by atoms with E-state index in [1.807, 2.05) is 20.8 Å². The highest BCUT2D eigenvalue weighted by Crippen LogP contribution is 2.17. The SMILES string of the molecule is CN[C@H]1CN(C(=O)OC(C)(C)C)CCC1F. The third-order valence-corrected chi connectivity index (χ3v) is 2.55. The zero-order valence-corrected chi connectivity index (χ0v) is 10.4. The van der Waals surface area contributed by atoms with Gasteiger partial charge in [0.25, 0.3) is 0 Å². The van der Waals surface area contributed by atoms with Crippen LogP contribution >= 0.6 is 0 Å². The second kappa shape index (κ2) is 4.99. The fourth-order valence-corrected chi connectivity index (χ4v) is 1.69. The van der Waals surface area contributed by atoms with E-state index in [1.54, 1.807) is 11.9 Å². The second-order valence-electron chi connectivity index (χ2n) is 5.13. The van der Waals surface area contributed by atoms with Crippen molar-refractivity contribution in [2.45, 2.75) is 45.0 Å². The molecule has 4 nitrogen and oxygen atoms in total. The third kappa shape index (κ3) is 3.63. The maximum absolute atomic E-state index is 13.4. The fourth-order valence-electron chi connectivity index (χ4n) is 1.69. The minimum atomic E-state index is -0.885. The Kier molecular flexibility index (Phi) is 4.13. The molecule has 2 atom stereocenters. The van der Waals surface area contributed by atoms with E-state index in [4.69, 9.17) is 4.74 Å². The number of halogens is 1. The van der Waals surface area contributed by atoms with Crippen LogP contribution in [0.25, 0.3) is 0 Å². The van der Waals surface area contributed by atoms with E-state index >= 15 is 0 Å². The van der Waals surface area contributed by atoms with E-state index < -0.39 is 11.8 Å². The summed E-state index contributed by atoms with van der Waals surface area (Å²) in [4.78, 5) is 13.3. The molecule has 1 aliphatic rings. The molecule has 0 aliphatic carbocycles. The minimum Gasteiger partial charge on any atom is -0.444 e. The maximum atomic E-state index is 13.4. The largest absolute Gasteiger partial charge is 0.444 e. The van der Waals surface area contributed by atoms with Gasteiger partial charge in [-0.05, 0) is 34.2 Å². The van der Waals surface area contributed by atoms with Crippen LogP contribution in [0.15, 0.2) is 0 Å². The first-order chi connectivity index (χ1) is 7.33. The lowest BCUT2D eigenvalue weighted by molar-refractivity contribution is 0.0119. The first-order valence-corrected chi connectivity index (χ1v) is 5.63. The molecule has 0 aromatic heterocycles. The van der Waals surface area contributed by atoms with Crippen molar-refractivity contribution in [3.8, 4) is 0 Å². The van der Waals surface area contributed by atoms with Gasteiger partial charge < -0.3 is 15.0 Å². The molecule has 0 spiro atoms. The Hall–Kier alpha value is -0.840. The van der Waals surface area contributed by atoms with E-state index in [2.05, 4.69) is 5.32 Å². The molecule has 1 saturated heterocycles. The first kappa shape index (κ1) is 13.2. The van der Waals surface area contributed by atoms with Gasteiger partial charge in [-0.15, -0.1) is 0 Å². The van der Waals surface area contributed by atoms with Crippen molar-refractivity contribution in [2.24, 2.45) is 0 Å². The highest BCUT2D eigenvalue weighted by atomic mass is 19.1. The number of alkyl halides is 1. The molecule has 1 heterocycles. The Morgan fingerprint density at radius 3 is 2.62 bits per heavy atom. The molecule has 1 rings (SSSR count). The van der Waals surface area contributed by atoms with Gasteiger partial charge in [0.1, 0.15) is 11.8 Å². The summed E-state index contributed by atoms with van der Waals surface area (Å²) in [6.07, 6.45) is -0.881. The van der Waals surface area contributed by atoms with Crippen molar-refractivity contribution in [2.75, 3.05) is 20.1 Å². The van der Waals surface area contributed by atoms with Crippen molar-refractivity contribution >= 4 is 6.09 Å². The topological polar surface area (TPSA) is 41.6 Å². The molecule has 16 heavy (non-hydrogen) atoms. The van der Waals surface area contributed by atoms with Gasteiger partial charge in [0.2, 0.25) is 0 Å². The Bertz CT molecular complexity index is 253. The summed E-state index contributed by atoms with van der Waals surface area (Å²) in [6, 6.07) is -0.290. The van der Waals surface area contributed by atoms with Crippen LogP contribution in [0.3, 0.4) is 0 Å². The average Bonchev–Trinajstić information content (AvgIpc) is 2.15. The molecule has 1 fully saturated rings. The summed E-state index contributed by atoms with van der Waals surface area (Å²) in [7, 11) is 1.70. The summed E-state index contributed by atoms with van der Waals surface area (Å²) in [5, 5.41) is 2.88. The predicted octanol–water partition coefficient (Wildman–Crippen LogP) is 1.55. The number of hydrogen-bond donors (Lipinski definition) is 1. The van der Waals surface area contributed by atoms with Crippen LogP contribution in [0.1, 0.15) is 27.2 Å². The summed E-state index contributed by atoms with van der Waals surface area (Å²) in [6.45, 7) is 6.26. The van der Waals surface area contributed by atoms with Crippen LogP contribution in [0.2, 0.25) is 0 Å². The lowest BCUT2D eigenvalue weighted by Gasteiger charge is -2.35. The molecule has 5 heteroatoms. The lowest BCUT2D eigenvalue weighted by atomic mass is 10.0. The molecule has 1 unspecified atom stereocenters. The molecule has 0 bridgehead atoms. The van der Waals surface area contributed by atoms with Gasteiger partial charge in [0, 0.05) is 13.1 Å². The Labute approximate surface area is 96.1 Å². The molecular formula is C11H21FN2O2. The van der Waals surface area contributed by atoms with Gasteiger partial charge in [-0.2, -0.15) is 0 Å². The van der Waals surface area contributed by atoms with Crippen LogP contribution < -0.4 is 5.32 Å². The number of piperidine rings is 1. The lowest BCUT2D eigenvalue weighted by Crippen LogP contribution is -2.53. The summed E-state index contributed by atoms with van der Waals surface area (Å²) < 4.78 is 18.6. The van der Waals surface area contributed by atoms with Crippen LogP contribution in [-0.4, -0.2) is 48.9 Å². The molecule has 0 aromatic rings. The molecule has 1 N–H and O–H groups in total. The zero-order valence-electron chi connectivity index (χ0n) is 10.4. The Morgan fingerprint density at radius 2 is 2.12 bits per heavy atom. The van der Waals surface area contributed by atoms with Crippen molar-refractivity contribution < 1.29 is 13.9 Å². The van der Waals surface area contributed by atoms with E-state index in [-0.39, 0.29) is 12.1 Å². The number of likely N-dealkylation sites (tertiary alicyclic amines) is 1. The zero-order chi connectivity index (χ0) is 12.3. The van der Waals surface area contributed by atoms with Gasteiger partial charge in [0.15, 0.2) is 0 Å². The highest BCUT2D eigenvalue weighted by molar-refractivity contribution is 5.68. The number of carbonyl (C=O) groups is 1. The minimum absolute atomic E-state index is 0.290. The van der Waals surface area contributed by atoms with Crippen molar-refractivity contribution in [1.29, 1.82) is 0 Å². The van der Waals surface area contributed by atoms with E-state index in [1.165, 1.54) is 0 Å². The number of nitrogens with one attached hydrogen (secondary N) is 1. The van der Waals surface area contributed by atoms with E-state index in [9.17, 15) is 9.18 Å². The molecular weight excluding hydrogens is 211 g/mol. The van der Waals surface area contributed by atoms with Gasteiger partial charge in [-0.3, -0.25) is 0 Å². The maximum Gasteiger partial charge on any atom is 0.410 e. The smallest absolute Gasteiger partial charge is 0.410 e. The monoisotopic (exact) mass is 232 g/mol. The number of ether oxygens (including phenoxy) is 1. The first-order valence-electron chi connectivity index (χ1n) is 5.63. The number of rotatable bonds is 1. The van der Waals surface area contributed by atoms with E-state index in [0.717, 1.165) is 0 Å². The average molecular weight is 232 g/mol. The number of nitrogens with zero attached hydrogens (tertiary/aromatic N) is 1. The van der Waals surface area contributed by atoms with E-state index in [0.29, 0.717) is 19.5 Å². The van der Waals surface area contributed by atoms with Gasteiger partial charge in [-0.25, -0.2) is 9.18 Å². The quantitative estimate of drug-likeness (QED) is 0.746. The molecule has 94 valence electrons. The molecule has 1 amide bonds. The van der Waals surface area contributed by atoms with Crippen LogP contribution in [-0.2, 0) is 4.74 Å². The molecule has 0 saturated carbocycles. The van der Waals surface area contributed by atoms with Gasteiger partial charge in [-0.1, -0.05) is 0 Å². The Balaban J connectivity index is 2.52. The van der Waals surface area contributed by atoms with Crippen LogP contribution in [0, 0.1) is 0 Å². The van der Waals surface area contributed by atoms with Crippen molar-refractivity contribution in [3.05, 3.63) is 0 Å². The standard InChI is InChI=1S/C11H21FN2O2/c1-11(2,3)16-10(15)14-6-5-8(12)9(7-14)13-4/h8-9,13H,5-7H2,1-4H3/t8?,9-/m0/s1. The van der Waals surface area contributed by atoms with Crippen molar-refractivity contribution in [1.82, 2.24) is 10.2 Å². The molecule has 0 aromatic carbocycles.